The lowest BCUT2D eigenvalue weighted by molar-refractivity contribution is 0.0620. The molecule has 1 aromatic heterocycles. The molecule has 120 valence electrons. The first kappa shape index (κ1) is 15.5. The van der Waals surface area contributed by atoms with Crippen LogP contribution in [-0.4, -0.2) is 54.2 Å². The number of carbonyl (C=O) groups excluding carboxylic acids is 2. The molecular formula is C18H20N2O3. The predicted molar refractivity (Wildman–Crippen MR) is 86.6 cm³/mol. The molecule has 5 heteroatoms. The molecule has 1 saturated heterocycles. The van der Waals surface area contributed by atoms with Crippen LogP contribution in [0.1, 0.15) is 26.5 Å². The second-order valence-electron chi connectivity index (χ2n) is 5.84. The normalized spacial score (nSPS) is 15.6. The van der Waals surface area contributed by atoms with Crippen LogP contribution in [0, 0.1) is 6.92 Å². The Hall–Kier alpha value is -2.40. The fraction of sp³-hybridized carbons (Fsp3) is 0.333. The third kappa shape index (κ3) is 3.68. The second-order valence-corrected chi connectivity index (χ2v) is 5.84. The van der Waals surface area contributed by atoms with E-state index in [2.05, 4.69) is 4.90 Å². The quantitative estimate of drug-likeness (QED) is 0.813. The Labute approximate surface area is 135 Å². The molecule has 0 unspecified atom stereocenters. The van der Waals surface area contributed by atoms with E-state index in [0.717, 1.165) is 11.1 Å². The molecule has 0 N–H and O–H groups in total. The summed E-state index contributed by atoms with van der Waals surface area (Å²) in [4.78, 5) is 28.4. The largest absolute Gasteiger partial charge is 0.461 e. The predicted octanol–water partition coefficient (Wildman–Crippen LogP) is 2.23. The Balaban J connectivity index is 1.54. The van der Waals surface area contributed by atoms with Crippen molar-refractivity contribution in [1.82, 2.24) is 9.80 Å². The Bertz CT molecular complexity index is 686. The molecule has 0 atom stereocenters. The number of amides is 1. The molecule has 2 heterocycles. The van der Waals surface area contributed by atoms with Gasteiger partial charge in [-0.3, -0.25) is 14.5 Å². The Morgan fingerprint density at radius 1 is 1.09 bits per heavy atom. The number of Topliss-reactive ketones (excluding diaryl/α,β-unsaturated/α-hetero) is 1. The van der Waals surface area contributed by atoms with Crippen LogP contribution in [0.3, 0.4) is 0 Å². The molecule has 1 amide bonds. The van der Waals surface area contributed by atoms with Gasteiger partial charge in [-0.15, -0.1) is 0 Å². The number of piperazine rings is 1. The molecule has 0 aliphatic carbocycles. The van der Waals surface area contributed by atoms with Crippen molar-refractivity contribution in [2.45, 2.75) is 6.92 Å². The number of hydrogen-bond donors (Lipinski definition) is 0. The molecule has 0 radical (unpaired) electrons. The molecule has 1 aliphatic rings. The van der Waals surface area contributed by atoms with Crippen molar-refractivity contribution in [2.24, 2.45) is 0 Å². The van der Waals surface area contributed by atoms with Crippen LogP contribution in [0.4, 0.5) is 0 Å². The van der Waals surface area contributed by atoms with Crippen LogP contribution in [0.2, 0.25) is 0 Å². The summed E-state index contributed by atoms with van der Waals surface area (Å²) in [7, 11) is 0. The summed E-state index contributed by atoms with van der Waals surface area (Å²) in [5, 5.41) is 0. The van der Waals surface area contributed by atoms with Crippen LogP contribution >= 0.6 is 0 Å². The first-order valence-corrected chi connectivity index (χ1v) is 7.78. The van der Waals surface area contributed by atoms with Gasteiger partial charge in [-0.25, -0.2) is 0 Å². The van der Waals surface area contributed by atoms with Gasteiger partial charge in [-0.05, 0) is 31.2 Å². The van der Waals surface area contributed by atoms with Gasteiger partial charge in [0.1, 0.15) is 0 Å². The Morgan fingerprint density at radius 3 is 2.52 bits per heavy atom. The van der Waals surface area contributed by atoms with Crippen LogP contribution in [-0.2, 0) is 0 Å². The van der Waals surface area contributed by atoms with Crippen molar-refractivity contribution in [3.63, 3.8) is 0 Å². The van der Waals surface area contributed by atoms with E-state index in [0.29, 0.717) is 38.5 Å². The summed E-state index contributed by atoms with van der Waals surface area (Å²) in [6.07, 6.45) is 1.51. The Kier molecular flexibility index (Phi) is 4.57. The van der Waals surface area contributed by atoms with Crippen LogP contribution in [0.15, 0.2) is 47.1 Å². The number of furan rings is 1. The average Bonchev–Trinajstić information content (AvgIpc) is 3.09. The molecule has 1 aliphatic heterocycles. The van der Waals surface area contributed by atoms with E-state index >= 15 is 0 Å². The molecule has 0 spiro atoms. The number of rotatable bonds is 4. The molecule has 5 nitrogen and oxygen atoms in total. The Morgan fingerprint density at radius 2 is 1.87 bits per heavy atom. The zero-order valence-electron chi connectivity index (χ0n) is 13.2. The monoisotopic (exact) mass is 312 g/mol. The highest BCUT2D eigenvalue weighted by molar-refractivity contribution is 5.95. The van der Waals surface area contributed by atoms with E-state index in [9.17, 15) is 9.59 Å². The van der Waals surface area contributed by atoms with E-state index in [1.54, 1.807) is 12.1 Å². The third-order valence-corrected chi connectivity index (χ3v) is 4.09. The second kappa shape index (κ2) is 6.79. The van der Waals surface area contributed by atoms with E-state index in [1.165, 1.54) is 6.26 Å². The van der Waals surface area contributed by atoms with Crippen LogP contribution < -0.4 is 0 Å². The number of benzene rings is 1. The lowest BCUT2D eigenvalue weighted by atomic mass is 10.1. The fourth-order valence-electron chi connectivity index (χ4n) is 2.79. The third-order valence-electron chi connectivity index (χ3n) is 4.09. The van der Waals surface area contributed by atoms with Gasteiger partial charge in [-0.1, -0.05) is 17.7 Å². The van der Waals surface area contributed by atoms with Crippen molar-refractivity contribution in [2.75, 3.05) is 32.7 Å². The first-order valence-electron chi connectivity index (χ1n) is 7.78. The van der Waals surface area contributed by atoms with E-state index in [1.807, 2.05) is 36.1 Å². The van der Waals surface area contributed by atoms with E-state index in [4.69, 9.17) is 4.42 Å². The zero-order chi connectivity index (χ0) is 16.2. The maximum Gasteiger partial charge on any atom is 0.253 e. The van der Waals surface area contributed by atoms with Crippen molar-refractivity contribution in [1.29, 1.82) is 0 Å². The van der Waals surface area contributed by atoms with Gasteiger partial charge in [0.25, 0.3) is 5.91 Å². The van der Waals surface area contributed by atoms with Gasteiger partial charge in [0.15, 0.2) is 5.76 Å². The molecular weight excluding hydrogens is 292 g/mol. The molecule has 1 fully saturated rings. The highest BCUT2D eigenvalue weighted by Crippen LogP contribution is 2.11. The maximum atomic E-state index is 12.5. The van der Waals surface area contributed by atoms with Crippen molar-refractivity contribution >= 4 is 11.7 Å². The molecule has 0 bridgehead atoms. The van der Waals surface area contributed by atoms with Gasteiger partial charge in [0, 0.05) is 31.7 Å². The standard InChI is InChI=1S/C18H20N2O3/c1-14-4-2-5-15(12-14)18(22)20-9-7-19(8-10-20)13-16(21)17-6-3-11-23-17/h2-6,11-12H,7-10,13H2,1H3. The summed E-state index contributed by atoms with van der Waals surface area (Å²) in [5.41, 5.74) is 1.81. The van der Waals surface area contributed by atoms with Gasteiger partial charge < -0.3 is 9.32 Å². The maximum absolute atomic E-state index is 12.5. The smallest absolute Gasteiger partial charge is 0.253 e. The number of aryl methyl sites for hydroxylation is 1. The molecule has 0 saturated carbocycles. The minimum atomic E-state index is -0.0199. The first-order chi connectivity index (χ1) is 11.1. The lowest BCUT2D eigenvalue weighted by Gasteiger charge is -2.34. The highest BCUT2D eigenvalue weighted by atomic mass is 16.3. The number of nitrogens with zero attached hydrogens (tertiary/aromatic N) is 2. The van der Waals surface area contributed by atoms with Crippen molar-refractivity contribution in [3.8, 4) is 0 Å². The van der Waals surface area contributed by atoms with Gasteiger partial charge >= 0.3 is 0 Å². The summed E-state index contributed by atoms with van der Waals surface area (Å²) in [6.45, 7) is 4.99. The number of hydrogen-bond acceptors (Lipinski definition) is 4. The minimum absolute atomic E-state index is 0.0199. The van der Waals surface area contributed by atoms with Crippen LogP contribution in [0.5, 0.6) is 0 Å². The van der Waals surface area contributed by atoms with E-state index in [-0.39, 0.29) is 11.7 Å². The number of carbonyl (C=O) groups is 2. The highest BCUT2D eigenvalue weighted by Gasteiger charge is 2.24. The average molecular weight is 312 g/mol. The molecule has 3 rings (SSSR count). The SMILES string of the molecule is Cc1cccc(C(=O)N2CCN(CC(=O)c3ccco3)CC2)c1. The number of ketones is 1. The summed E-state index contributed by atoms with van der Waals surface area (Å²) in [6, 6.07) is 11.0. The van der Waals surface area contributed by atoms with Gasteiger partial charge in [0.2, 0.25) is 5.78 Å². The molecule has 23 heavy (non-hydrogen) atoms. The summed E-state index contributed by atoms with van der Waals surface area (Å²) in [5.74, 6) is 0.433. The minimum Gasteiger partial charge on any atom is -0.461 e. The molecule has 1 aromatic carbocycles. The summed E-state index contributed by atoms with van der Waals surface area (Å²) < 4.78 is 5.12. The van der Waals surface area contributed by atoms with Gasteiger partial charge in [-0.2, -0.15) is 0 Å². The fourth-order valence-corrected chi connectivity index (χ4v) is 2.79. The lowest BCUT2D eigenvalue weighted by Crippen LogP contribution is -2.49. The topological polar surface area (TPSA) is 53.8 Å². The molecule has 2 aromatic rings. The van der Waals surface area contributed by atoms with Crippen molar-refractivity contribution in [3.05, 3.63) is 59.5 Å². The zero-order valence-corrected chi connectivity index (χ0v) is 13.2. The van der Waals surface area contributed by atoms with E-state index < -0.39 is 0 Å². The summed E-state index contributed by atoms with van der Waals surface area (Å²) >= 11 is 0. The van der Waals surface area contributed by atoms with Gasteiger partial charge in [0.05, 0.1) is 12.8 Å². The van der Waals surface area contributed by atoms with Crippen LogP contribution in [0.25, 0.3) is 0 Å². The van der Waals surface area contributed by atoms with Crippen molar-refractivity contribution < 1.29 is 14.0 Å².